The molecule has 0 aliphatic carbocycles. The van der Waals surface area contributed by atoms with Gasteiger partial charge in [0, 0.05) is 57.2 Å². The van der Waals surface area contributed by atoms with Gasteiger partial charge in [0.2, 0.25) is 5.95 Å². The predicted molar refractivity (Wildman–Crippen MR) is 102 cm³/mol. The zero-order valence-electron chi connectivity index (χ0n) is 15.8. The zero-order chi connectivity index (χ0) is 19.5. The summed E-state index contributed by atoms with van der Waals surface area (Å²) < 4.78 is 18.7. The van der Waals surface area contributed by atoms with E-state index in [2.05, 4.69) is 19.8 Å². The number of ether oxygens (including phenoxy) is 1. The molecule has 4 heterocycles. The maximum absolute atomic E-state index is 13.3. The fraction of sp³-hybridized carbons (Fsp3) is 0.474. The largest absolute Gasteiger partial charge is 0.378 e. The van der Waals surface area contributed by atoms with Gasteiger partial charge in [0.25, 0.3) is 5.91 Å². The Hall–Kier alpha value is -2.81. The molecule has 2 fully saturated rings. The molecule has 2 aliphatic heterocycles. The lowest BCUT2D eigenvalue weighted by atomic mass is 10.2. The number of nitrogens with zero attached hydrogens (tertiary/aromatic N) is 6. The van der Waals surface area contributed by atoms with Crippen molar-refractivity contribution in [1.29, 1.82) is 0 Å². The van der Waals surface area contributed by atoms with Gasteiger partial charge in [-0.25, -0.2) is 9.37 Å². The maximum atomic E-state index is 13.3. The Balaban J connectivity index is 1.43. The van der Waals surface area contributed by atoms with Crippen molar-refractivity contribution in [2.24, 2.45) is 0 Å². The summed E-state index contributed by atoms with van der Waals surface area (Å²) in [6, 6.07) is 3.20. The lowest BCUT2D eigenvalue weighted by Gasteiger charge is -2.36. The topological polar surface area (TPSA) is 74.7 Å². The van der Waals surface area contributed by atoms with E-state index in [-0.39, 0.29) is 11.5 Å². The van der Waals surface area contributed by atoms with Crippen molar-refractivity contribution < 1.29 is 13.9 Å². The highest BCUT2D eigenvalue weighted by Crippen LogP contribution is 2.20. The Morgan fingerprint density at radius 3 is 2.46 bits per heavy atom. The minimum Gasteiger partial charge on any atom is -0.378 e. The van der Waals surface area contributed by atoms with E-state index in [1.165, 1.54) is 12.3 Å². The van der Waals surface area contributed by atoms with Crippen molar-refractivity contribution in [1.82, 2.24) is 19.9 Å². The molecule has 2 aromatic heterocycles. The first kappa shape index (κ1) is 18.5. The summed E-state index contributed by atoms with van der Waals surface area (Å²) in [5.41, 5.74) is 1.19. The van der Waals surface area contributed by atoms with Gasteiger partial charge in [-0.2, -0.15) is 4.98 Å². The van der Waals surface area contributed by atoms with Crippen molar-refractivity contribution in [3.8, 4) is 0 Å². The van der Waals surface area contributed by atoms with Gasteiger partial charge in [-0.05, 0) is 13.0 Å². The molecule has 0 spiro atoms. The van der Waals surface area contributed by atoms with Crippen LogP contribution in [0.15, 0.2) is 24.5 Å². The van der Waals surface area contributed by atoms with E-state index in [1.54, 1.807) is 4.90 Å². The number of aryl methyl sites for hydroxylation is 1. The van der Waals surface area contributed by atoms with Crippen LogP contribution in [0.3, 0.4) is 0 Å². The number of hydrogen-bond donors (Lipinski definition) is 0. The summed E-state index contributed by atoms with van der Waals surface area (Å²) in [6.07, 6.45) is 2.50. The highest BCUT2D eigenvalue weighted by atomic mass is 19.1. The van der Waals surface area contributed by atoms with Crippen molar-refractivity contribution in [2.75, 3.05) is 62.3 Å². The van der Waals surface area contributed by atoms with Crippen molar-refractivity contribution in [2.45, 2.75) is 6.92 Å². The van der Waals surface area contributed by atoms with Crippen LogP contribution >= 0.6 is 0 Å². The first-order valence-electron chi connectivity index (χ1n) is 9.43. The summed E-state index contributed by atoms with van der Waals surface area (Å²) in [7, 11) is 0. The van der Waals surface area contributed by atoms with Crippen LogP contribution < -0.4 is 9.80 Å². The molecule has 0 saturated carbocycles. The number of anilines is 2. The summed E-state index contributed by atoms with van der Waals surface area (Å²) in [5.74, 6) is 0.896. The lowest BCUT2D eigenvalue weighted by molar-refractivity contribution is 0.0745. The number of halogens is 1. The van der Waals surface area contributed by atoms with Crippen LogP contribution in [0.1, 0.15) is 16.1 Å². The van der Waals surface area contributed by atoms with Crippen LogP contribution in [0.4, 0.5) is 16.2 Å². The first-order valence-corrected chi connectivity index (χ1v) is 9.43. The predicted octanol–water partition coefficient (Wildman–Crippen LogP) is 1.12. The van der Waals surface area contributed by atoms with E-state index in [0.717, 1.165) is 36.7 Å². The molecule has 28 heavy (non-hydrogen) atoms. The SMILES string of the molecule is Cc1cc(N2CCN(C(=O)c3cncc(F)c3)CC2)nc(N2CCOCC2)n1. The molecular formula is C19H23FN6O2. The third kappa shape index (κ3) is 4.04. The average molecular weight is 386 g/mol. The Labute approximate surface area is 163 Å². The molecule has 0 aromatic carbocycles. The van der Waals surface area contributed by atoms with Gasteiger partial charge >= 0.3 is 0 Å². The van der Waals surface area contributed by atoms with Gasteiger partial charge in [0.05, 0.1) is 25.0 Å². The number of carbonyl (C=O) groups is 1. The van der Waals surface area contributed by atoms with Crippen LogP contribution in [0.25, 0.3) is 0 Å². The van der Waals surface area contributed by atoms with Crippen molar-refractivity contribution in [3.63, 3.8) is 0 Å². The van der Waals surface area contributed by atoms with Gasteiger partial charge in [0.1, 0.15) is 11.6 Å². The van der Waals surface area contributed by atoms with Crippen LogP contribution in [0.5, 0.6) is 0 Å². The molecule has 0 N–H and O–H groups in total. The fourth-order valence-electron chi connectivity index (χ4n) is 3.45. The summed E-state index contributed by atoms with van der Waals surface area (Å²) in [5, 5.41) is 0. The zero-order valence-corrected chi connectivity index (χ0v) is 15.8. The van der Waals surface area contributed by atoms with E-state index in [1.807, 2.05) is 13.0 Å². The molecule has 0 unspecified atom stereocenters. The Morgan fingerprint density at radius 1 is 1.00 bits per heavy atom. The van der Waals surface area contributed by atoms with Gasteiger partial charge in [-0.3, -0.25) is 9.78 Å². The first-order chi connectivity index (χ1) is 13.6. The van der Waals surface area contributed by atoms with E-state index >= 15 is 0 Å². The molecule has 8 nitrogen and oxygen atoms in total. The minimum absolute atomic E-state index is 0.195. The number of aromatic nitrogens is 3. The number of carbonyl (C=O) groups excluding carboxylic acids is 1. The molecular weight excluding hydrogens is 363 g/mol. The Morgan fingerprint density at radius 2 is 1.75 bits per heavy atom. The third-order valence-electron chi connectivity index (χ3n) is 4.97. The van der Waals surface area contributed by atoms with E-state index in [0.29, 0.717) is 39.4 Å². The normalized spacial score (nSPS) is 17.7. The third-order valence-corrected chi connectivity index (χ3v) is 4.97. The van der Waals surface area contributed by atoms with Gasteiger partial charge < -0.3 is 19.4 Å². The molecule has 0 atom stereocenters. The fourth-order valence-corrected chi connectivity index (χ4v) is 3.45. The molecule has 9 heteroatoms. The maximum Gasteiger partial charge on any atom is 0.255 e. The highest BCUT2D eigenvalue weighted by Gasteiger charge is 2.24. The van der Waals surface area contributed by atoms with E-state index in [4.69, 9.17) is 9.72 Å². The highest BCUT2D eigenvalue weighted by molar-refractivity contribution is 5.94. The summed E-state index contributed by atoms with van der Waals surface area (Å²) >= 11 is 0. The van der Waals surface area contributed by atoms with E-state index < -0.39 is 5.82 Å². The summed E-state index contributed by atoms with van der Waals surface area (Å²) in [6.45, 7) is 7.31. The van der Waals surface area contributed by atoms with Crippen LogP contribution in [0, 0.1) is 12.7 Å². The number of morpholine rings is 1. The molecule has 1 amide bonds. The van der Waals surface area contributed by atoms with Gasteiger partial charge in [-0.1, -0.05) is 0 Å². The molecule has 2 aliphatic rings. The van der Waals surface area contributed by atoms with Crippen LogP contribution in [-0.2, 0) is 4.74 Å². The number of rotatable bonds is 3. The molecule has 148 valence electrons. The second kappa shape index (κ2) is 8.05. The molecule has 2 aromatic rings. The second-order valence-electron chi connectivity index (χ2n) is 6.94. The number of hydrogen-bond acceptors (Lipinski definition) is 7. The number of pyridine rings is 1. The van der Waals surface area contributed by atoms with E-state index in [9.17, 15) is 9.18 Å². The van der Waals surface area contributed by atoms with Crippen molar-refractivity contribution in [3.05, 3.63) is 41.6 Å². The average Bonchev–Trinajstić information content (AvgIpc) is 2.73. The second-order valence-corrected chi connectivity index (χ2v) is 6.94. The van der Waals surface area contributed by atoms with Gasteiger partial charge in [0.15, 0.2) is 0 Å². The molecule has 4 rings (SSSR count). The summed E-state index contributed by atoms with van der Waals surface area (Å²) in [4.78, 5) is 31.7. The molecule has 2 saturated heterocycles. The standard InChI is InChI=1S/C19H23FN6O2/c1-14-10-17(23-19(22-14)26-6-8-28-9-7-26)24-2-4-25(5-3-24)18(27)15-11-16(20)13-21-12-15/h10-13H,2-9H2,1H3. The monoisotopic (exact) mass is 386 g/mol. The number of amides is 1. The quantitative estimate of drug-likeness (QED) is 0.782. The van der Waals surface area contributed by atoms with Crippen LogP contribution in [-0.4, -0.2) is 78.2 Å². The van der Waals surface area contributed by atoms with Crippen molar-refractivity contribution >= 4 is 17.7 Å². The smallest absolute Gasteiger partial charge is 0.255 e. The molecule has 0 bridgehead atoms. The number of piperazine rings is 1. The Kier molecular flexibility index (Phi) is 5.34. The lowest BCUT2D eigenvalue weighted by Crippen LogP contribution is -2.49. The van der Waals surface area contributed by atoms with Gasteiger partial charge in [-0.15, -0.1) is 0 Å². The van der Waals surface area contributed by atoms with Crippen LogP contribution in [0.2, 0.25) is 0 Å². The Bertz CT molecular complexity index is 850. The minimum atomic E-state index is -0.503. The molecule has 0 radical (unpaired) electrons.